The first-order valence-corrected chi connectivity index (χ1v) is 7.59. The van der Waals surface area contributed by atoms with Gasteiger partial charge >= 0.3 is 0 Å². The van der Waals surface area contributed by atoms with Crippen LogP contribution in [-0.4, -0.2) is 44.1 Å². The lowest BCUT2D eigenvalue weighted by molar-refractivity contribution is 0.170. The molecule has 0 heterocycles. The van der Waals surface area contributed by atoms with Gasteiger partial charge in [-0.25, -0.2) is 8.42 Å². The third-order valence-corrected chi connectivity index (χ3v) is 4.02. The molecule has 0 aliphatic carbocycles. The number of nitrogens with one attached hydrogen (secondary N) is 1. The third-order valence-electron chi connectivity index (χ3n) is 2.48. The molecular weight excluding hydrogens is 278 g/mol. The van der Waals surface area contributed by atoms with Gasteiger partial charge in [0.15, 0.2) is 9.84 Å². The van der Waals surface area contributed by atoms with Crippen LogP contribution >= 0.6 is 11.6 Å². The zero-order chi connectivity index (χ0) is 13.8. The van der Waals surface area contributed by atoms with E-state index < -0.39 is 15.9 Å². The van der Waals surface area contributed by atoms with Crippen molar-refractivity contribution in [2.75, 3.05) is 19.5 Å². The fourth-order valence-corrected chi connectivity index (χ4v) is 2.74. The molecule has 0 bridgehead atoms. The van der Waals surface area contributed by atoms with Crippen molar-refractivity contribution in [3.8, 4) is 0 Å². The van der Waals surface area contributed by atoms with Crippen LogP contribution in [0.15, 0.2) is 23.1 Å². The van der Waals surface area contributed by atoms with E-state index in [0.717, 1.165) is 6.26 Å². The molecule has 18 heavy (non-hydrogen) atoms. The summed E-state index contributed by atoms with van der Waals surface area (Å²) < 4.78 is 23.2. The van der Waals surface area contributed by atoms with Gasteiger partial charge in [-0.15, -0.1) is 0 Å². The zero-order valence-corrected chi connectivity index (χ0v) is 11.5. The second-order valence-corrected chi connectivity index (χ2v) is 6.32. The van der Waals surface area contributed by atoms with E-state index in [1.54, 1.807) is 12.1 Å². The molecule has 0 fully saturated rings. The van der Waals surface area contributed by atoms with Crippen LogP contribution in [0.25, 0.3) is 0 Å². The SMILES string of the molecule is CS(=O)(=O)c1cccc(Cl)c1CNC(CO)CO. The highest BCUT2D eigenvalue weighted by atomic mass is 35.5. The first kappa shape index (κ1) is 15.4. The molecule has 1 aromatic rings. The molecule has 7 heteroatoms. The predicted molar refractivity (Wildman–Crippen MR) is 69.4 cm³/mol. The normalized spacial score (nSPS) is 12.1. The Hall–Kier alpha value is -0.660. The molecule has 0 saturated carbocycles. The number of hydrogen-bond acceptors (Lipinski definition) is 5. The summed E-state index contributed by atoms with van der Waals surface area (Å²) in [5, 5.41) is 21.0. The Morgan fingerprint density at radius 1 is 1.33 bits per heavy atom. The Balaban J connectivity index is 3.01. The lowest BCUT2D eigenvalue weighted by Crippen LogP contribution is -2.35. The molecule has 0 spiro atoms. The summed E-state index contributed by atoms with van der Waals surface area (Å²) in [6.45, 7) is -0.321. The maximum atomic E-state index is 11.6. The van der Waals surface area contributed by atoms with E-state index in [1.807, 2.05) is 0 Å². The molecule has 0 atom stereocenters. The fourth-order valence-electron chi connectivity index (χ4n) is 1.49. The van der Waals surface area contributed by atoms with Gasteiger partial charge in [0.1, 0.15) is 0 Å². The Kier molecular flexibility index (Phi) is 5.55. The van der Waals surface area contributed by atoms with Crippen LogP contribution in [0.1, 0.15) is 5.56 Å². The standard InChI is InChI=1S/C11H16ClNO4S/c1-18(16,17)11-4-2-3-10(12)9(11)5-13-8(6-14)7-15/h2-4,8,13-15H,5-7H2,1H3. The number of rotatable bonds is 6. The Labute approximate surface area is 111 Å². The Bertz CT molecular complexity index is 500. The van der Waals surface area contributed by atoms with Crippen LogP contribution in [0.5, 0.6) is 0 Å². The number of aliphatic hydroxyl groups is 2. The minimum Gasteiger partial charge on any atom is -0.395 e. The number of benzene rings is 1. The van der Waals surface area contributed by atoms with Crippen molar-refractivity contribution in [2.24, 2.45) is 0 Å². The van der Waals surface area contributed by atoms with Gasteiger partial charge in [0, 0.05) is 23.4 Å². The van der Waals surface area contributed by atoms with Crippen molar-refractivity contribution >= 4 is 21.4 Å². The van der Waals surface area contributed by atoms with Crippen LogP contribution in [0.4, 0.5) is 0 Å². The molecular formula is C11H16ClNO4S. The number of hydrogen-bond donors (Lipinski definition) is 3. The van der Waals surface area contributed by atoms with Crippen LogP contribution in [0, 0.1) is 0 Å². The highest BCUT2D eigenvalue weighted by Gasteiger charge is 2.16. The van der Waals surface area contributed by atoms with Gasteiger partial charge < -0.3 is 15.5 Å². The monoisotopic (exact) mass is 293 g/mol. The summed E-state index contributed by atoms with van der Waals surface area (Å²) in [5.74, 6) is 0. The second kappa shape index (κ2) is 6.49. The van der Waals surface area contributed by atoms with E-state index in [-0.39, 0.29) is 24.7 Å². The average Bonchev–Trinajstić information content (AvgIpc) is 2.30. The molecule has 0 radical (unpaired) electrons. The van der Waals surface area contributed by atoms with Crippen molar-refractivity contribution in [1.29, 1.82) is 0 Å². The van der Waals surface area contributed by atoms with Gasteiger partial charge in [-0.3, -0.25) is 0 Å². The maximum absolute atomic E-state index is 11.6. The third kappa shape index (κ3) is 3.93. The summed E-state index contributed by atoms with van der Waals surface area (Å²) in [6.07, 6.45) is 1.11. The predicted octanol–water partition coefficient (Wildman–Crippen LogP) is 0.186. The van der Waals surface area contributed by atoms with Gasteiger partial charge in [-0.1, -0.05) is 17.7 Å². The fraction of sp³-hybridized carbons (Fsp3) is 0.455. The zero-order valence-electron chi connectivity index (χ0n) is 9.93. The van der Waals surface area contributed by atoms with E-state index in [0.29, 0.717) is 10.6 Å². The quantitative estimate of drug-likeness (QED) is 0.697. The number of aliphatic hydroxyl groups excluding tert-OH is 2. The molecule has 1 aromatic carbocycles. The highest BCUT2D eigenvalue weighted by molar-refractivity contribution is 7.90. The van der Waals surface area contributed by atoms with Crippen molar-refractivity contribution < 1.29 is 18.6 Å². The maximum Gasteiger partial charge on any atom is 0.175 e. The molecule has 102 valence electrons. The Morgan fingerprint density at radius 2 is 1.94 bits per heavy atom. The van der Waals surface area contributed by atoms with Gasteiger partial charge in [-0.05, 0) is 12.1 Å². The van der Waals surface area contributed by atoms with Crippen molar-refractivity contribution in [2.45, 2.75) is 17.5 Å². The molecule has 3 N–H and O–H groups in total. The van der Waals surface area contributed by atoms with Gasteiger partial charge in [0.05, 0.1) is 24.2 Å². The van der Waals surface area contributed by atoms with E-state index in [9.17, 15) is 8.42 Å². The van der Waals surface area contributed by atoms with E-state index in [1.165, 1.54) is 6.07 Å². The highest BCUT2D eigenvalue weighted by Crippen LogP contribution is 2.23. The molecule has 0 amide bonds. The summed E-state index contributed by atoms with van der Waals surface area (Å²) in [4.78, 5) is 0.150. The first-order chi connectivity index (χ1) is 8.40. The number of sulfone groups is 1. The minimum absolute atomic E-state index is 0.150. The summed E-state index contributed by atoms with van der Waals surface area (Å²) in [5.41, 5.74) is 0.438. The van der Waals surface area contributed by atoms with Crippen LogP contribution in [0.2, 0.25) is 5.02 Å². The molecule has 5 nitrogen and oxygen atoms in total. The van der Waals surface area contributed by atoms with Crippen LogP contribution in [0.3, 0.4) is 0 Å². The largest absolute Gasteiger partial charge is 0.395 e. The first-order valence-electron chi connectivity index (χ1n) is 5.32. The minimum atomic E-state index is -3.37. The molecule has 0 aromatic heterocycles. The van der Waals surface area contributed by atoms with Crippen molar-refractivity contribution in [3.05, 3.63) is 28.8 Å². The summed E-state index contributed by atoms with van der Waals surface area (Å²) in [7, 11) is -3.37. The van der Waals surface area contributed by atoms with E-state index in [4.69, 9.17) is 21.8 Å². The van der Waals surface area contributed by atoms with Crippen molar-refractivity contribution in [3.63, 3.8) is 0 Å². The number of halogens is 1. The smallest absolute Gasteiger partial charge is 0.175 e. The molecule has 0 saturated heterocycles. The van der Waals surface area contributed by atoms with E-state index in [2.05, 4.69) is 5.32 Å². The van der Waals surface area contributed by atoms with Gasteiger partial charge in [0.25, 0.3) is 0 Å². The molecule has 0 aliphatic rings. The lowest BCUT2D eigenvalue weighted by Gasteiger charge is -2.16. The van der Waals surface area contributed by atoms with Gasteiger partial charge in [-0.2, -0.15) is 0 Å². The second-order valence-electron chi connectivity index (χ2n) is 3.93. The summed E-state index contributed by atoms with van der Waals surface area (Å²) >= 11 is 5.98. The molecule has 0 unspecified atom stereocenters. The van der Waals surface area contributed by atoms with Crippen LogP contribution in [-0.2, 0) is 16.4 Å². The summed E-state index contributed by atoms with van der Waals surface area (Å²) in [6, 6.07) is 4.14. The Morgan fingerprint density at radius 3 is 2.44 bits per heavy atom. The lowest BCUT2D eigenvalue weighted by atomic mass is 10.2. The topological polar surface area (TPSA) is 86.6 Å². The van der Waals surface area contributed by atoms with Gasteiger partial charge in [0.2, 0.25) is 0 Å². The molecule has 0 aliphatic heterocycles. The average molecular weight is 294 g/mol. The van der Waals surface area contributed by atoms with Crippen molar-refractivity contribution in [1.82, 2.24) is 5.32 Å². The van der Waals surface area contributed by atoms with Crippen LogP contribution < -0.4 is 5.32 Å². The molecule has 1 rings (SSSR count). The van der Waals surface area contributed by atoms with E-state index >= 15 is 0 Å².